The lowest BCUT2D eigenvalue weighted by molar-refractivity contribution is -0.130. The number of hydrogen-bond donors (Lipinski definition) is 0. The number of likely N-dealkylation sites (tertiary alicyclic amines) is 1. The minimum Gasteiger partial charge on any atom is -0.378 e. The van der Waals surface area contributed by atoms with E-state index in [0.717, 1.165) is 65.3 Å². The Labute approximate surface area is 236 Å². The first-order valence-electron chi connectivity index (χ1n) is 13.3. The fraction of sp³-hybridized carbons (Fsp3) is 0.367. The van der Waals surface area contributed by atoms with Crippen LogP contribution in [-0.2, 0) is 28.8 Å². The number of carbonyl (C=O) groups is 1. The third-order valence-electron chi connectivity index (χ3n) is 7.74. The monoisotopic (exact) mass is 592 g/mol. The number of halogens is 2. The van der Waals surface area contributed by atoms with Crippen LogP contribution < -0.4 is 4.90 Å². The Morgan fingerprint density at radius 3 is 2.55 bits per heavy atom. The number of aryl methyl sites for hydroxylation is 2. The second kappa shape index (κ2) is 11.2. The van der Waals surface area contributed by atoms with E-state index in [0.29, 0.717) is 32.7 Å². The molecule has 0 N–H and O–H groups in total. The largest absolute Gasteiger partial charge is 0.378 e. The lowest BCUT2D eigenvalue weighted by Crippen LogP contribution is -2.38. The van der Waals surface area contributed by atoms with Gasteiger partial charge >= 0.3 is 0 Å². The fourth-order valence-electron chi connectivity index (χ4n) is 5.76. The quantitative estimate of drug-likeness (QED) is 0.402. The Morgan fingerprint density at radius 2 is 1.74 bits per heavy atom. The number of hydrogen-bond acceptors (Lipinski definition) is 5. The van der Waals surface area contributed by atoms with Crippen molar-refractivity contribution < 1.29 is 9.53 Å². The summed E-state index contributed by atoms with van der Waals surface area (Å²) in [5.41, 5.74) is 8.42. The molecule has 6 nitrogen and oxygen atoms in total. The van der Waals surface area contributed by atoms with Gasteiger partial charge in [0, 0.05) is 53.6 Å². The number of morpholine rings is 1. The van der Waals surface area contributed by atoms with Crippen molar-refractivity contribution in [3.8, 4) is 0 Å². The van der Waals surface area contributed by atoms with Gasteiger partial charge in [0.25, 0.3) is 0 Å². The molecule has 0 bridgehead atoms. The molecule has 0 unspecified atom stereocenters. The van der Waals surface area contributed by atoms with Crippen LogP contribution >= 0.6 is 27.5 Å². The summed E-state index contributed by atoms with van der Waals surface area (Å²) in [6.07, 6.45) is 7.64. The number of benzene rings is 1. The minimum absolute atomic E-state index is 0.170. The summed E-state index contributed by atoms with van der Waals surface area (Å²) in [5, 5.41) is 0.765. The third kappa shape index (κ3) is 5.37. The Balaban J connectivity index is 1.22. The minimum atomic E-state index is 0.170. The molecule has 1 aromatic carbocycles. The van der Waals surface area contributed by atoms with E-state index in [1.807, 2.05) is 29.4 Å². The van der Waals surface area contributed by atoms with Crippen LogP contribution in [0.3, 0.4) is 0 Å². The molecule has 0 atom stereocenters. The Morgan fingerprint density at radius 1 is 0.947 bits per heavy atom. The number of rotatable bonds is 3. The zero-order valence-electron chi connectivity index (χ0n) is 21.3. The van der Waals surface area contributed by atoms with Gasteiger partial charge in [-0.1, -0.05) is 23.2 Å². The highest BCUT2D eigenvalue weighted by Gasteiger charge is 2.27. The second-order valence-corrected chi connectivity index (χ2v) is 11.5. The summed E-state index contributed by atoms with van der Waals surface area (Å²) in [4.78, 5) is 26.9. The molecule has 6 rings (SSSR count). The smallest absolute Gasteiger partial charge is 0.227 e. The average molecular weight is 594 g/mol. The molecule has 1 aliphatic carbocycles. The van der Waals surface area contributed by atoms with Gasteiger partial charge in [0.05, 0.1) is 25.3 Å². The maximum Gasteiger partial charge on any atom is 0.227 e. The van der Waals surface area contributed by atoms with Crippen molar-refractivity contribution in [1.82, 2.24) is 14.9 Å². The van der Waals surface area contributed by atoms with E-state index in [1.165, 1.54) is 27.8 Å². The molecule has 2 fully saturated rings. The van der Waals surface area contributed by atoms with Gasteiger partial charge < -0.3 is 14.5 Å². The molecule has 1 amide bonds. The second-order valence-electron chi connectivity index (χ2n) is 10.1. The van der Waals surface area contributed by atoms with Gasteiger partial charge in [0.15, 0.2) is 0 Å². The van der Waals surface area contributed by atoms with Crippen LogP contribution in [0.15, 0.2) is 58.8 Å². The van der Waals surface area contributed by atoms with Gasteiger partial charge in [-0.2, -0.15) is 0 Å². The van der Waals surface area contributed by atoms with Crippen LogP contribution in [0.4, 0.5) is 5.82 Å². The van der Waals surface area contributed by atoms with E-state index in [-0.39, 0.29) is 5.91 Å². The molecule has 2 aromatic heterocycles. The molecule has 196 valence electrons. The molecule has 0 radical (unpaired) electrons. The molecule has 0 spiro atoms. The van der Waals surface area contributed by atoms with E-state index in [9.17, 15) is 4.79 Å². The number of amides is 1. The number of aromatic nitrogens is 2. The third-order valence-corrected chi connectivity index (χ3v) is 8.41. The van der Waals surface area contributed by atoms with Gasteiger partial charge in [0.2, 0.25) is 5.91 Å². The molecule has 0 saturated carbocycles. The molecule has 2 saturated heterocycles. The lowest BCUT2D eigenvalue weighted by Gasteiger charge is -2.31. The number of anilines is 1. The maximum atomic E-state index is 13.3. The van der Waals surface area contributed by atoms with E-state index < -0.39 is 0 Å². The van der Waals surface area contributed by atoms with E-state index in [1.54, 1.807) is 0 Å². The van der Waals surface area contributed by atoms with Crippen LogP contribution in [0, 0.1) is 0 Å². The first-order valence-corrected chi connectivity index (χ1v) is 14.4. The molecule has 4 heterocycles. The van der Waals surface area contributed by atoms with Crippen molar-refractivity contribution >= 4 is 44.8 Å². The van der Waals surface area contributed by atoms with Gasteiger partial charge in [-0.3, -0.25) is 9.78 Å². The summed E-state index contributed by atoms with van der Waals surface area (Å²) in [7, 11) is 0. The van der Waals surface area contributed by atoms with Gasteiger partial charge in [-0.05, 0) is 94.2 Å². The van der Waals surface area contributed by atoms with Crippen LogP contribution in [0.1, 0.15) is 40.8 Å². The van der Waals surface area contributed by atoms with Gasteiger partial charge in [0.1, 0.15) is 5.82 Å². The van der Waals surface area contributed by atoms with E-state index >= 15 is 0 Å². The predicted octanol–water partition coefficient (Wildman–Crippen LogP) is 5.49. The fourth-order valence-corrected chi connectivity index (χ4v) is 6.34. The van der Waals surface area contributed by atoms with Gasteiger partial charge in [-0.15, -0.1) is 0 Å². The molecule has 3 aliphatic rings. The highest BCUT2D eigenvalue weighted by atomic mass is 79.9. The number of pyridine rings is 2. The summed E-state index contributed by atoms with van der Waals surface area (Å²) in [6, 6.07) is 12.4. The van der Waals surface area contributed by atoms with Crippen molar-refractivity contribution in [1.29, 1.82) is 0 Å². The summed E-state index contributed by atoms with van der Waals surface area (Å²) in [6.45, 7) is 4.52. The summed E-state index contributed by atoms with van der Waals surface area (Å²) >= 11 is 9.98. The van der Waals surface area contributed by atoms with Crippen molar-refractivity contribution in [2.75, 3.05) is 44.3 Å². The van der Waals surface area contributed by atoms with Crippen LogP contribution in [0.25, 0.3) is 5.57 Å². The van der Waals surface area contributed by atoms with Crippen molar-refractivity contribution in [2.24, 2.45) is 0 Å². The average Bonchev–Trinajstić information content (AvgIpc) is 3.10. The highest BCUT2D eigenvalue weighted by Crippen LogP contribution is 2.39. The number of nitrogens with zero attached hydrogens (tertiary/aromatic N) is 4. The van der Waals surface area contributed by atoms with Crippen LogP contribution in [-0.4, -0.2) is 60.2 Å². The van der Waals surface area contributed by atoms with Crippen LogP contribution in [0.2, 0.25) is 5.02 Å². The van der Waals surface area contributed by atoms with Crippen molar-refractivity contribution in [3.05, 3.63) is 91.8 Å². The van der Waals surface area contributed by atoms with Crippen molar-refractivity contribution in [2.45, 2.75) is 32.1 Å². The molecule has 2 aliphatic heterocycles. The Bertz CT molecular complexity index is 1340. The molecular formula is C30H30BrClN4O2. The normalized spacial score (nSPS) is 17.6. The number of carbonyl (C=O) groups excluding carboxylic acids is 1. The first-order chi connectivity index (χ1) is 18.5. The number of ether oxygens (including phenoxy) is 1. The summed E-state index contributed by atoms with van der Waals surface area (Å²) < 4.78 is 6.46. The molecule has 38 heavy (non-hydrogen) atoms. The summed E-state index contributed by atoms with van der Waals surface area (Å²) in [5.74, 6) is 1.10. The number of fused-ring (bicyclic) bond motifs is 2. The number of piperidine rings is 1. The molecule has 8 heteroatoms. The van der Waals surface area contributed by atoms with Crippen molar-refractivity contribution in [3.63, 3.8) is 0 Å². The molecular weight excluding hydrogens is 564 g/mol. The zero-order valence-corrected chi connectivity index (χ0v) is 23.6. The maximum absolute atomic E-state index is 13.3. The van der Waals surface area contributed by atoms with E-state index in [4.69, 9.17) is 21.3 Å². The van der Waals surface area contributed by atoms with E-state index in [2.05, 4.69) is 50.1 Å². The first kappa shape index (κ1) is 25.5. The van der Waals surface area contributed by atoms with Crippen LogP contribution in [0.5, 0.6) is 0 Å². The highest BCUT2D eigenvalue weighted by molar-refractivity contribution is 9.10. The zero-order chi connectivity index (χ0) is 26.1. The Kier molecular flexibility index (Phi) is 7.50. The topological polar surface area (TPSA) is 58.6 Å². The SMILES string of the molecule is O=C(Cc1ccnc(N2CCOCC2)c1)N1CCC(=C2c3ccc(Cl)cc3CCc3cc(Br)cnc32)CC1. The Hall–Kier alpha value is -2.74. The van der Waals surface area contributed by atoms with Gasteiger partial charge in [-0.25, -0.2) is 4.98 Å². The predicted molar refractivity (Wildman–Crippen MR) is 154 cm³/mol. The lowest BCUT2D eigenvalue weighted by atomic mass is 9.88. The molecule has 3 aromatic rings. The standard InChI is InChI=1S/C30H30BrClN4O2/c31-24-17-23-2-1-22-18-25(32)3-4-26(22)29(30(23)34-19-24)21-6-9-36(10-7-21)28(37)16-20-5-8-33-27(15-20)35-11-13-38-14-12-35/h3-5,8,15,17-19H,1-2,6-7,9-14,16H2.